The first kappa shape index (κ1) is 20.2. The van der Waals surface area contributed by atoms with Crippen LogP contribution in [0.2, 0.25) is 5.02 Å². The summed E-state index contributed by atoms with van der Waals surface area (Å²) >= 11 is 5.90. The van der Waals surface area contributed by atoms with Gasteiger partial charge in [-0.2, -0.15) is 0 Å². The number of carbonyl (C=O) groups excluding carboxylic acids is 1. The summed E-state index contributed by atoms with van der Waals surface area (Å²) in [4.78, 5) is 23.1. The van der Waals surface area contributed by atoms with Crippen molar-refractivity contribution in [3.63, 3.8) is 0 Å². The minimum Gasteiger partial charge on any atom is -0.494 e. The van der Waals surface area contributed by atoms with Gasteiger partial charge in [0.05, 0.1) is 17.6 Å². The van der Waals surface area contributed by atoms with E-state index >= 15 is 0 Å². The van der Waals surface area contributed by atoms with Gasteiger partial charge >= 0.3 is 0 Å². The fourth-order valence-electron chi connectivity index (χ4n) is 2.50. The predicted octanol–water partition coefficient (Wildman–Crippen LogP) is 5.07. The quantitative estimate of drug-likeness (QED) is 0.406. The number of hydrogen-bond donors (Lipinski definition) is 1. The Morgan fingerprint density at radius 2 is 1.93 bits per heavy atom. The van der Waals surface area contributed by atoms with Crippen molar-refractivity contribution >= 4 is 28.9 Å². The molecule has 1 amide bonds. The molecule has 3 rings (SSSR count). The number of nitro benzene ring substituents is 1. The molecule has 0 radical (unpaired) electrons. The monoisotopic (exact) mass is 416 g/mol. The van der Waals surface area contributed by atoms with Gasteiger partial charge in [-0.15, -0.1) is 0 Å². The van der Waals surface area contributed by atoms with Crippen LogP contribution in [-0.4, -0.2) is 17.4 Å². The zero-order chi connectivity index (χ0) is 20.8. The number of nitrogens with one attached hydrogen (secondary N) is 1. The van der Waals surface area contributed by atoms with Gasteiger partial charge in [-0.3, -0.25) is 14.9 Å². The van der Waals surface area contributed by atoms with E-state index in [0.29, 0.717) is 28.9 Å². The van der Waals surface area contributed by atoms with E-state index in [4.69, 9.17) is 25.5 Å². The summed E-state index contributed by atoms with van der Waals surface area (Å²) in [5.41, 5.74) is -0.239. The van der Waals surface area contributed by atoms with Crippen molar-refractivity contribution in [2.24, 2.45) is 0 Å². The van der Waals surface area contributed by atoms with Crippen LogP contribution in [0.4, 0.5) is 11.4 Å². The molecule has 0 aliphatic heterocycles. The van der Waals surface area contributed by atoms with Gasteiger partial charge in [-0.1, -0.05) is 17.7 Å². The van der Waals surface area contributed by atoms with E-state index in [2.05, 4.69) is 5.32 Å². The number of nitrogens with zero attached hydrogens (tertiary/aromatic N) is 1. The molecule has 29 heavy (non-hydrogen) atoms. The molecule has 0 saturated carbocycles. The first-order valence-electron chi connectivity index (χ1n) is 8.66. The maximum absolute atomic E-state index is 12.4. The van der Waals surface area contributed by atoms with Gasteiger partial charge in [0.25, 0.3) is 11.6 Å². The Bertz CT molecular complexity index is 1030. The summed E-state index contributed by atoms with van der Waals surface area (Å²) in [5.74, 6) is 0.695. The number of ether oxygens (including phenoxy) is 2. The largest absolute Gasteiger partial charge is 0.494 e. The van der Waals surface area contributed by atoms with Crippen LogP contribution >= 0.6 is 11.6 Å². The highest BCUT2D eigenvalue weighted by atomic mass is 35.5. The lowest BCUT2D eigenvalue weighted by Crippen LogP contribution is -2.12. The van der Waals surface area contributed by atoms with Crippen molar-refractivity contribution in [1.82, 2.24) is 0 Å². The third kappa shape index (κ3) is 5.26. The summed E-state index contributed by atoms with van der Waals surface area (Å²) in [6.45, 7) is 2.23. The molecule has 0 atom stereocenters. The third-order valence-corrected chi connectivity index (χ3v) is 4.02. The SMILES string of the molecule is CCOc1ccc(NC(=O)c2ccc(COc3cccc(Cl)c3)o2)c([N+](=O)[O-])c1. The molecule has 2 aromatic carbocycles. The number of anilines is 1. The fourth-order valence-corrected chi connectivity index (χ4v) is 2.68. The molecular formula is C20H17ClN2O6. The van der Waals surface area contributed by atoms with Crippen molar-refractivity contribution in [2.75, 3.05) is 11.9 Å². The minimum atomic E-state index is -0.619. The van der Waals surface area contributed by atoms with Crippen LogP contribution in [0.5, 0.6) is 11.5 Å². The van der Waals surface area contributed by atoms with Crippen LogP contribution < -0.4 is 14.8 Å². The molecule has 0 spiro atoms. The second-order valence-electron chi connectivity index (χ2n) is 5.84. The standard InChI is InChI=1S/C20H17ClN2O6/c1-2-27-15-6-8-17(18(11-15)23(25)26)22-20(24)19-9-7-16(29-19)12-28-14-5-3-4-13(21)10-14/h3-11H,2,12H2,1H3,(H,22,24). The van der Waals surface area contributed by atoms with Crippen LogP contribution in [0.1, 0.15) is 23.2 Å². The average Bonchev–Trinajstić information content (AvgIpc) is 3.17. The van der Waals surface area contributed by atoms with Gasteiger partial charge in [0.1, 0.15) is 29.6 Å². The van der Waals surface area contributed by atoms with Gasteiger partial charge < -0.3 is 19.2 Å². The second kappa shape index (κ2) is 9.11. The molecule has 1 aromatic heterocycles. The fraction of sp³-hybridized carbons (Fsp3) is 0.150. The molecule has 8 nitrogen and oxygen atoms in total. The molecule has 3 aromatic rings. The van der Waals surface area contributed by atoms with Crippen LogP contribution in [0.25, 0.3) is 0 Å². The van der Waals surface area contributed by atoms with E-state index in [1.165, 1.54) is 18.2 Å². The normalized spacial score (nSPS) is 10.4. The first-order valence-corrected chi connectivity index (χ1v) is 9.03. The lowest BCUT2D eigenvalue weighted by Gasteiger charge is -2.07. The van der Waals surface area contributed by atoms with Crippen LogP contribution in [0.15, 0.2) is 59.0 Å². The molecule has 0 aliphatic carbocycles. The molecule has 0 fully saturated rings. The zero-order valence-electron chi connectivity index (χ0n) is 15.4. The third-order valence-electron chi connectivity index (χ3n) is 3.79. The molecule has 0 saturated heterocycles. The van der Waals surface area contributed by atoms with Gasteiger partial charge in [0.15, 0.2) is 5.76 Å². The topological polar surface area (TPSA) is 104 Å². The van der Waals surface area contributed by atoms with Gasteiger partial charge in [0.2, 0.25) is 0 Å². The molecule has 1 N–H and O–H groups in total. The van der Waals surface area contributed by atoms with E-state index < -0.39 is 10.8 Å². The molecule has 1 heterocycles. The summed E-state index contributed by atoms with van der Waals surface area (Å²) in [6, 6.07) is 14.1. The van der Waals surface area contributed by atoms with E-state index in [-0.39, 0.29) is 23.7 Å². The van der Waals surface area contributed by atoms with Crippen molar-refractivity contribution < 1.29 is 23.6 Å². The van der Waals surface area contributed by atoms with Crippen LogP contribution in [-0.2, 0) is 6.61 Å². The predicted molar refractivity (Wildman–Crippen MR) is 107 cm³/mol. The minimum absolute atomic E-state index is 0.00197. The Hall–Kier alpha value is -3.52. The maximum atomic E-state index is 12.4. The smallest absolute Gasteiger partial charge is 0.296 e. The van der Waals surface area contributed by atoms with Crippen molar-refractivity contribution in [2.45, 2.75) is 13.5 Å². The molecule has 0 aliphatic rings. The Kier molecular flexibility index (Phi) is 6.36. The summed E-state index contributed by atoms with van der Waals surface area (Å²) in [7, 11) is 0. The maximum Gasteiger partial charge on any atom is 0.296 e. The number of nitro groups is 1. The molecule has 150 valence electrons. The van der Waals surface area contributed by atoms with E-state index in [1.54, 1.807) is 43.3 Å². The molecule has 0 bridgehead atoms. The number of furan rings is 1. The second-order valence-corrected chi connectivity index (χ2v) is 6.27. The van der Waals surface area contributed by atoms with E-state index in [1.807, 2.05) is 0 Å². The van der Waals surface area contributed by atoms with E-state index in [0.717, 1.165) is 0 Å². The van der Waals surface area contributed by atoms with Gasteiger partial charge in [-0.05, 0) is 49.4 Å². The van der Waals surface area contributed by atoms with Crippen LogP contribution in [0, 0.1) is 10.1 Å². The van der Waals surface area contributed by atoms with Gasteiger partial charge in [-0.25, -0.2) is 0 Å². The summed E-state index contributed by atoms with van der Waals surface area (Å²) in [5, 5.41) is 14.3. The Balaban J connectivity index is 1.68. The number of benzene rings is 2. The van der Waals surface area contributed by atoms with E-state index in [9.17, 15) is 14.9 Å². The molecule has 9 heteroatoms. The van der Waals surface area contributed by atoms with Crippen molar-refractivity contribution in [1.29, 1.82) is 0 Å². The van der Waals surface area contributed by atoms with Crippen LogP contribution in [0.3, 0.4) is 0 Å². The van der Waals surface area contributed by atoms with Gasteiger partial charge in [0, 0.05) is 5.02 Å². The summed E-state index contributed by atoms with van der Waals surface area (Å²) in [6.07, 6.45) is 0. The van der Waals surface area contributed by atoms with Crippen molar-refractivity contribution in [3.05, 3.63) is 81.3 Å². The Morgan fingerprint density at radius 1 is 1.14 bits per heavy atom. The average molecular weight is 417 g/mol. The number of amides is 1. The Labute approximate surface area is 171 Å². The highest BCUT2D eigenvalue weighted by Crippen LogP contribution is 2.29. The number of carbonyl (C=O) groups is 1. The number of rotatable bonds is 8. The van der Waals surface area contributed by atoms with Crippen molar-refractivity contribution in [3.8, 4) is 11.5 Å². The zero-order valence-corrected chi connectivity index (χ0v) is 16.1. The number of hydrogen-bond acceptors (Lipinski definition) is 6. The molecular weight excluding hydrogens is 400 g/mol. The first-order chi connectivity index (χ1) is 14.0. The molecule has 0 unspecified atom stereocenters. The lowest BCUT2D eigenvalue weighted by molar-refractivity contribution is -0.384. The number of halogens is 1. The highest BCUT2D eigenvalue weighted by Gasteiger charge is 2.20. The Morgan fingerprint density at radius 3 is 2.66 bits per heavy atom. The lowest BCUT2D eigenvalue weighted by atomic mass is 10.2. The summed E-state index contributed by atoms with van der Waals surface area (Å²) < 4.78 is 16.3. The highest BCUT2D eigenvalue weighted by molar-refractivity contribution is 6.30.